The highest BCUT2D eigenvalue weighted by Crippen LogP contribution is 2.29. The smallest absolute Gasteiger partial charge is 0.158 e. The molecule has 0 spiro atoms. The van der Waals surface area contributed by atoms with E-state index >= 15 is 0 Å². The third kappa shape index (κ3) is 2.77. The van der Waals surface area contributed by atoms with Gasteiger partial charge < -0.3 is 5.32 Å². The quantitative estimate of drug-likeness (QED) is 0.878. The fourth-order valence-electron chi connectivity index (χ4n) is 3.16. The fraction of sp³-hybridized carbons (Fsp3) is 0.733. The van der Waals surface area contributed by atoms with Gasteiger partial charge in [-0.1, -0.05) is 31.9 Å². The number of aryl methyl sites for hydroxylation is 2. The lowest BCUT2D eigenvalue weighted by atomic mass is 9.85. The van der Waals surface area contributed by atoms with E-state index in [4.69, 9.17) is 11.6 Å². The Labute approximate surface area is 125 Å². The number of ketones is 1. The number of nitrogens with one attached hydrogen (secondary N) is 1. The molecule has 0 bridgehead atoms. The molecule has 112 valence electrons. The molecule has 1 saturated heterocycles. The van der Waals surface area contributed by atoms with Crippen molar-refractivity contribution >= 4 is 17.4 Å². The van der Waals surface area contributed by atoms with Crippen LogP contribution in [0.2, 0.25) is 5.02 Å². The lowest BCUT2D eigenvalue weighted by molar-refractivity contribution is -0.124. The number of hydrogen-bond acceptors (Lipinski definition) is 3. The molecular weight excluding hydrogens is 274 g/mol. The Morgan fingerprint density at radius 3 is 2.75 bits per heavy atom. The van der Waals surface area contributed by atoms with Crippen molar-refractivity contribution < 1.29 is 4.79 Å². The lowest BCUT2D eigenvalue weighted by Crippen LogP contribution is -2.48. The molecule has 1 aliphatic heterocycles. The highest BCUT2D eigenvalue weighted by molar-refractivity contribution is 6.32. The van der Waals surface area contributed by atoms with Gasteiger partial charge in [-0.25, -0.2) is 0 Å². The maximum absolute atomic E-state index is 12.8. The Hall–Kier alpha value is -0.870. The van der Waals surface area contributed by atoms with Crippen LogP contribution in [0.5, 0.6) is 0 Å². The summed E-state index contributed by atoms with van der Waals surface area (Å²) in [5, 5.41) is 8.48. The van der Waals surface area contributed by atoms with E-state index in [1.165, 1.54) is 0 Å². The molecule has 0 saturated carbocycles. The van der Waals surface area contributed by atoms with Crippen LogP contribution in [0.4, 0.5) is 0 Å². The summed E-state index contributed by atoms with van der Waals surface area (Å²) < 4.78 is 1.76. The average Bonchev–Trinajstić information content (AvgIpc) is 3.00. The molecule has 20 heavy (non-hydrogen) atoms. The second-order valence-corrected chi connectivity index (χ2v) is 6.02. The normalized spacial score (nSPS) is 22.4. The summed E-state index contributed by atoms with van der Waals surface area (Å²) in [5.74, 6) is 0.254. The highest BCUT2D eigenvalue weighted by Gasteiger charge is 2.39. The van der Waals surface area contributed by atoms with Crippen molar-refractivity contribution in [1.29, 1.82) is 0 Å². The topological polar surface area (TPSA) is 46.9 Å². The van der Waals surface area contributed by atoms with Crippen LogP contribution in [0.3, 0.4) is 0 Å². The number of carbonyl (C=O) groups is 1. The zero-order chi connectivity index (χ0) is 14.8. The van der Waals surface area contributed by atoms with E-state index in [9.17, 15) is 4.79 Å². The Morgan fingerprint density at radius 2 is 2.25 bits per heavy atom. The van der Waals surface area contributed by atoms with Crippen molar-refractivity contribution in [3.63, 3.8) is 0 Å². The number of nitrogens with zero attached hydrogens (tertiary/aromatic N) is 2. The zero-order valence-electron chi connectivity index (χ0n) is 12.6. The number of rotatable bonds is 6. The summed E-state index contributed by atoms with van der Waals surface area (Å²) in [4.78, 5) is 12.8. The van der Waals surface area contributed by atoms with Gasteiger partial charge in [-0.2, -0.15) is 5.10 Å². The summed E-state index contributed by atoms with van der Waals surface area (Å²) in [5.41, 5.74) is 1.38. The summed E-state index contributed by atoms with van der Waals surface area (Å²) in [6, 6.07) is 0. The maximum atomic E-state index is 12.8. The van der Waals surface area contributed by atoms with Gasteiger partial charge in [-0.3, -0.25) is 9.48 Å². The first-order valence-corrected chi connectivity index (χ1v) is 7.90. The minimum absolute atomic E-state index is 0.254. The predicted octanol–water partition coefficient (Wildman–Crippen LogP) is 2.67. The van der Waals surface area contributed by atoms with Crippen molar-refractivity contribution in [1.82, 2.24) is 15.1 Å². The van der Waals surface area contributed by atoms with Crippen LogP contribution >= 0.6 is 11.6 Å². The van der Waals surface area contributed by atoms with Gasteiger partial charge in [0.15, 0.2) is 5.78 Å². The first-order chi connectivity index (χ1) is 9.54. The monoisotopic (exact) mass is 297 g/mol. The van der Waals surface area contributed by atoms with E-state index in [2.05, 4.69) is 17.3 Å². The molecule has 1 aliphatic rings. The Morgan fingerprint density at radius 1 is 1.50 bits per heavy atom. The third-order valence-electron chi connectivity index (χ3n) is 4.29. The largest absolute Gasteiger partial charge is 0.305 e. The zero-order valence-corrected chi connectivity index (χ0v) is 13.4. The SMILES string of the molecule is CCCC1(C(=O)Cc2c(Cl)c(CC)nn2C)CCCN1. The standard InChI is InChI=1S/C15H24ClN3O/c1-4-7-15(8-6-9-17-15)13(20)10-12-14(16)11(5-2)18-19(12)3/h17H,4-10H2,1-3H3. The van der Waals surface area contributed by atoms with E-state index in [0.29, 0.717) is 11.4 Å². The minimum atomic E-state index is -0.339. The van der Waals surface area contributed by atoms with Crippen LogP contribution in [0, 0.1) is 0 Å². The molecule has 0 aliphatic carbocycles. The second kappa shape index (κ2) is 6.27. The van der Waals surface area contributed by atoms with Gasteiger partial charge in [0.2, 0.25) is 0 Å². The van der Waals surface area contributed by atoms with Crippen molar-refractivity contribution in [2.75, 3.05) is 6.54 Å². The molecule has 1 unspecified atom stereocenters. The molecule has 0 radical (unpaired) electrons. The Bertz CT molecular complexity index is 490. The van der Waals surface area contributed by atoms with Crippen LogP contribution < -0.4 is 5.32 Å². The van der Waals surface area contributed by atoms with E-state index in [1.807, 2.05) is 14.0 Å². The van der Waals surface area contributed by atoms with Gasteiger partial charge in [0.25, 0.3) is 0 Å². The average molecular weight is 298 g/mol. The van der Waals surface area contributed by atoms with Crippen LogP contribution in [-0.4, -0.2) is 27.6 Å². The van der Waals surface area contributed by atoms with Crippen molar-refractivity contribution in [3.05, 3.63) is 16.4 Å². The number of Topliss-reactive ketones (excluding diaryl/α,β-unsaturated/α-hetero) is 1. The molecule has 5 heteroatoms. The number of aromatic nitrogens is 2. The van der Waals surface area contributed by atoms with Crippen molar-refractivity contribution in [3.8, 4) is 0 Å². The molecule has 0 amide bonds. The van der Waals surface area contributed by atoms with Crippen LogP contribution in [-0.2, 0) is 24.7 Å². The van der Waals surface area contributed by atoms with Gasteiger partial charge >= 0.3 is 0 Å². The first kappa shape index (κ1) is 15.5. The van der Waals surface area contributed by atoms with Gasteiger partial charge in [0.05, 0.1) is 28.4 Å². The fourth-order valence-corrected chi connectivity index (χ4v) is 3.52. The van der Waals surface area contributed by atoms with Gasteiger partial charge in [0.1, 0.15) is 0 Å². The molecule has 4 nitrogen and oxygen atoms in total. The molecule has 1 N–H and O–H groups in total. The predicted molar refractivity (Wildman–Crippen MR) is 81.2 cm³/mol. The van der Waals surface area contributed by atoms with Gasteiger partial charge in [0, 0.05) is 7.05 Å². The van der Waals surface area contributed by atoms with Crippen molar-refractivity contribution in [2.45, 2.75) is 57.9 Å². The Kier molecular flexibility index (Phi) is 4.86. The lowest BCUT2D eigenvalue weighted by Gasteiger charge is -2.27. The molecule has 2 heterocycles. The van der Waals surface area contributed by atoms with Crippen LogP contribution in [0.15, 0.2) is 0 Å². The van der Waals surface area contributed by atoms with Crippen LogP contribution in [0.1, 0.15) is 50.9 Å². The van der Waals surface area contributed by atoms with E-state index in [1.54, 1.807) is 4.68 Å². The summed E-state index contributed by atoms with van der Waals surface area (Å²) in [6.07, 6.45) is 5.09. The molecule has 1 fully saturated rings. The summed E-state index contributed by atoms with van der Waals surface area (Å²) in [7, 11) is 1.86. The second-order valence-electron chi connectivity index (χ2n) is 5.65. The third-order valence-corrected chi connectivity index (χ3v) is 4.72. The van der Waals surface area contributed by atoms with Crippen LogP contribution in [0.25, 0.3) is 0 Å². The first-order valence-electron chi connectivity index (χ1n) is 7.52. The molecule has 2 rings (SSSR count). The molecule has 0 aromatic carbocycles. The highest BCUT2D eigenvalue weighted by atomic mass is 35.5. The molecular formula is C15H24ClN3O. The van der Waals surface area contributed by atoms with E-state index in [-0.39, 0.29) is 11.3 Å². The molecule has 1 aromatic heterocycles. The number of carbonyl (C=O) groups excluding carboxylic acids is 1. The number of halogens is 1. The summed E-state index contributed by atoms with van der Waals surface area (Å²) >= 11 is 6.35. The van der Waals surface area contributed by atoms with E-state index in [0.717, 1.165) is 50.0 Å². The van der Waals surface area contributed by atoms with E-state index < -0.39 is 0 Å². The van der Waals surface area contributed by atoms with Gasteiger partial charge in [-0.15, -0.1) is 0 Å². The Balaban J connectivity index is 2.20. The van der Waals surface area contributed by atoms with Gasteiger partial charge in [-0.05, 0) is 32.2 Å². The maximum Gasteiger partial charge on any atom is 0.158 e. The van der Waals surface area contributed by atoms with Crippen molar-refractivity contribution in [2.24, 2.45) is 7.05 Å². The summed E-state index contributed by atoms with van der Waals surface area (Å²) in [6.45, 7) is 5.09. The number of hydrogen-bond donors (Lipinski definition) is 1. The molecule has 1 aromatic rings. The molecule has 1 atom stereocenters. The minimum Gasteiger partial charge on any atom is -0.305 e.